The third kappa shape index (κ3) is 4.30. The van der Waals surface area contributed by atoms with E-state index in [0.717, 1.165) is 5.56 Å². The molecule has 2 aromatic heterocycles. The lowest BCUT2D eigenvalue weighted by atomic mass is 10.2. The van der Waals surface area contributed by atoms with E-state index in [1.54, 1.807) is 18.4 Å². The number of thioether (sulfide) groups is 1. The number of hydrogen-bond donors (Lipinski definition) is 0. The third-order valence-corrected chi connectivity index (χ3v) is 4.60. The monoisotopic (exact) mass is 357 g/mol. The van der Waals surface area contributed by atoms with Crippen LogP contribution in [0.25, 0.3) is 11.7 Å². The highest BCUT2D eigenvalue weighted by Gasteiger charge is 2.23. The van der Waals surface area contributed by atoms with Crippen LogP contribution in [0.5, 0.6) is 0 Å². The Bertz CT molecular complexity index is 802. The maximum Gasteiger partial charge on any atom is 0.284 e. The van der Waals surface area contributed by atoms with Crippen molar-refractivity contribution >= 4 is 17.7 Å². The van der Waals surface area contributed by atoms with Gasteiger partial charge in [0.1, 0.15) is 0 Å². The summed E-state index contributed by atoms with van der Waals surface area (Å²) in [7, 11) is 0. The number of carbonyl (C=O) groups excluding carboxylic acids is 1. The molecule has 1 aromatic carbocycles. The summed E-state index contributed by atoms with van der Waals surface area (Å²) in [5.41, 5.74) is 1.10. The zero-order valence-electron chi connectivity index (χ0n) is 14.1. The Morgan fingerprint density at radius 1 is 1.20 bits per heavy atom. The van der Waals surface area contributed by atoms with Gasteiger partial charge in [0.15, 0.2) is 5.76 Å². The van der Waals surface area contributed by atoms with Crippen molar-refractivity contribution in [3.8, 4) is 11.7 Å². The van der Waals surface area contributed by atoms with E-state index in [0.29, 0.717) is 30.0 Å². The van der Waals surface area contributed by atoms with E-state index in [9.17, 15) is 4.79 Å². The van der Waals surface area contributed by atoms with Crippen molar-refractivity contribution in [1.82, 2.24) is 15.1 Å². The van der Waals surface area contributed by atoms with Crippen molar-refractivity contribution in [1.29, 1.82) is 0 Å². The molecule has 130 valence electrons. The first-order valence-electron chi connectivity index (χ1n) is 8.04. The zero-order valence-corrected chi connectivity index (χ0v) is 14.9. The summed E-state index contributed by atoms with van der Waals surface area (Å²) in [5, 5.41) is 7.95. The molecule has 3 rings (SSSR count). The Hall–Kier alpha value is -2.54. The van der Waals surface area contributed by atoms with E-state index in [4.69, 9.17) is 8.83 Å². The van der Waals surface area contributed by atoms with Gasteiger partial charge in [-0.1, -0.05) is 42.1 Å². The average molecular weight is 357 g/mol. The van der Waals surface area contributed by atoms with Crippen molar-refractivity contribution in [3.63, 3.8) is 0 Å². The Labute approximate surface area is 150 Å². The molecule has 6 nitrogen and oxygen atoms in total. The lowest BCUT2D eigenvalue weighted by Crippen LogP contribution is -2.35. The van der Waals surface area contributed by atoms with Crippen LogP contribution in [0.3, 0.4) is 0 Å². The molecule has 25 heavy (non-hydrogen) atoms. The van der Waals surface area contributed by atoms with E-state index >= 15 is 0 Å². The lowest BCUT2D eigenvalue weighted by Gasteiger charge is -2.23. The molecule has 0 saturated heterocycles. The number of aromatic nitrogens is 2. The van der Waals surface area contributed by atoms with Gasteiger partial charge in [0.05, 0.1) is 11.5 Å². The molecule has 0 radical (unpaired) electrons. The highest BCUT2D eigenvalue weighted by atomic mass is 32.2. The predicted molar refractivity (Wildman–Crippen MR) is 94.9 cm³/mol. The Balaban J connectivity index is 1.63. The predicted octanol–water partition coefficient (Wildman–Crippen LogP) is 3.86. The van der Waals surface area contributed by atoms with Crippen LogP contribution >= 0.6 is 11.8 Å². The highest BCUT2D eigenvalue weighted by Crippen LogP contribution is 2.27. The van der Waals surface area contributed by atoms with Crippen LogP contribution in [0.2, 0.25) is 0 Å². The van der Waals surface area contributed by atoms with Gasteiger partial charge in [0, 0.05) is 13.1 Å². The molecule has 0 saturated carbocycles. The first kappa shape index (κ1) is 17.3. The molecule has 0 aliphatic rings. The van der Waals surface area contributed by atoms with Crippen molar-refractivity contribution in [2.75, 3.05) is 6.54 Å². The fourth-order valence-electron chi connectivity index (χ4n) is 2.37. The Kier molecular flexibility index (Phi) is 5.55. The van der Waals surface area contributed by atoms with E-state index in [-0.39, 0.29) is 11.2 Å². The molecule has 1 unspecified atom stereocenters. The topological polar surface area (TPSA) is 72.4 Å². The molecule has 0 N–H and O–H groups in total. The van der Waals surface area contributed by atoms with E-state index in [1.165, 1.54) is 11.8 Å². The first-order valence-corrected chi connectivity index (χ1v) is 8.92. The molecule has 7 heteroatoms. The lowest BCUT2D eigenvalue weighted by molar-refractivity contribution is -0.130. The number of hydrogen-bond acceptors (Lipinski definition) is 6. The third-order valence-electron chi connectivity index (χ3n) is 3.67. The second-order valence-corrected chi connectivity index (χ2v) is 6.74. The van der Waals surface area contributed by atoms with Gasteiger partial charge < -0.3 is 13.7 Å². The number of carbonyl (C=O) groups is 1. The number of furan rings is 1. The minimum atomic E-state index is -0.325. The minimum absolute atomic E-state index is 0.0362. The second kappa shape index (κ2) is 8.02. The van der Waals surface area contributed by atoms with Gasteiger partial charge in [-0.15, -0.1) is 10.2 Å². The summed E-state index contributed by atoms with van der Waals surface area (Å²) < 4.78 is 10.8. The molecular weight excluding hydrogens is 338 g/mol. The molecule has 2 heterocycles. The zero-order chi connectivity index (χ0) is 17.6. The fourth-order valence-corrected chi connectivity index (χ4v) is 3.13. The summed E-state index contributed by atoms with van der Waals surface area (Å²) in [4.78, 5) is 14.5. The summed E-state index contributed by atoms with van der Waals surface area (Å²) in [6.45, 7) is 5.04. The first-order chi connectivity index (χ1) is 12.2. The smallest absolute Gasteiger partial charge is 0.284 e. The van der Waals surface area contributed by atoms with Crippen LogP contribution in [0.4, 0.5) is 0 Å². The van der Waals surface area contributed by atoms with E-state index < -0.39 is 0 Å². The average Bonchev–Trinajstić information content (AvgIpc) is 3.31. The minimum Gasteiger partial charge on any atom is -0.459 e. The van der Waals surface area contributed by atoms with Crippen LogP contribution in [0.1, 0.15) is 19.4 Å². The van der Waals surface area contributed by atoms with Gasteiger partial charge in [0.2, 0.25) is 5.91 Å². The van der Waals surface area contributed by atoms with Crippen LogP contribution in [0, 0.1) is 0 Å². The van der Waals surface area contributed by atoms with Crippen LogP contribution < -0.4 is 0 Å². The second-order valence-electron chi connectivity index (χ2n) is 5.45. The summed E-state index contributed by atoms with van der Waals surface area (Å²) >= 11 is 1.25. The van der Waals surface area contributed by atoms with Gasteiger partial charge in [0.25, 0.3) is 11.1 Å². The van der Waals surface area contributed by atoms with Crippen molar-refractivity contribution < 1.29 is 13.6 Å². The molecule has 3 aromatic rings. The Morgan fingerprint density at radius 2 is 2.00 bits per heavy atom. The largest absolute Gasteiger partial charge is 0.459 e. The number of benzene rings is 1. The van der Waals surface area contributed by atoms with Crippen molar-refractivity contribution in [3.05, 3.63) is 54.3 Å². The van der Waals surface area contributed by atoms with E-state index in [1.807, 2.05) is 49.1 Å². The van der Waals surface area contributed by atoms with Crippen LogP contribution in [-0.4, -0.2) is 32.8 Å². The molecule has 0 aliphatic carbocycles. The van der Waals surface area contributed by atoms with Gasteiger partial charge in [-0.3, -0.25) is 4.79 Å². The molecule has 0 aliphatic heterocycles. The van der Waals surface area contributed by atoms with E-state index in [2.05, 4.69) is 10.2 Å². The van der Waals surface area contributed by atoms with Gasteiger partial charge in [-0.25, -0.2) is 0 Å². The maximum absolute atomic E-state index is 12.7. The SMILES string of the molecule is CCN(Cc1ccccc1)C(=O)C(C)Sc1nnc(-c2ccco2)o1. The number of rotatable bonds is 7. The summed E-state index contributed by atoms with van der Waals surface area (Å²) in [6, 6.07) is 13.4. The fraction of sp³-hybridized carbons (Fsp3) is 0.278. The van der Waals surface area contributed by atoms with Crippen molar-refractivity contribution in [2.45, 2.75) is 30.9 Å². The highest BCUT2D eigenvalue weighted by molar-refractivity contribution is 8.00. The van der Waals surface area contributed by atoms with Gasteiger partial charge in [-0.05, 0) is 31.5 Å². The number of amides is 1. The molecule has 1 amide bonds. The molecule has 0 spiro atoms. The van der Waals surface area contributed by atoms with Crippen molar-refractivity contribution in [2.24, 2.45) is 0 Å². The summed E-state index contributed by atoms with van der Waals surface area (Å²) in [6.07, 6.45) is 1.54. The normalized spacial score (nSPS) is 12.1. The molecular formula is C18H19N3O3S. The quantitative estimate of drug-likeness (QED) is 0.598. The van der Waals surface area contributed by atoms with Gasteiger partial charge in [-0.2, -0.15) is 0 Å². The molecule has 0 bridgehead atoms. The van der Waals surface area contributed by atoms with Crippen LogP contribution in [0.15, 0.2) is 62.8 Å². The number of nitrogens with zero attached hydrogens (tertiary/aromatic N) is 3. The maximum atomic E-state index is 12.7. The summed E-state index contributed by atoms with van der Waals surface area (Å²) in [5.74, 6) is 0.857. The molecule has 1 atom stereocenters. The molecule has 0 fully saturated rings. The standard InChI is InChI=1S/C18H19N3O3S/c1-3-21(12-14-8-5-4-6-9-14)17(22)13(2)25-18-20-19-16(24-18)15-10-7-11-23-15/h4-11,13H,3,12H2,1-2H3. The van der Waals surface area contributed by atoms with Gasteiger partial charge >= 0.3 is 0 Å². The van der Waals surface area contributed by atoms with Crippen LogP contribution in [-0.2, 0) is 11.3 Å². The Morgan fingerprint density at radius 3 is 2.68 bits per heavy atom.